The molecule has 1 fully saturated rings. The van der Waals surface area contributed by atoms with Gasteiger partial charge in [0.2, 0.25) is 0 Å². The van der Waals surface area contributed by atoms with Crippen molar-refractivity contribution in [2.24, 2.45) is 0 Å². The van der Waals surface area contributed by atoms with Crippen LogP contribution in [0.4, 0.5) is 4.39 Å². The van der Waals surface area contributed by atoms with Crippen LogP contribution in [0.25, 0.3) is 55.6 Å². The van der Waals surface area contributed by atoms with Gasteiger partial charge in [-0.2, -0.15) is 5.10 Å². The second-order valence-corrected chi connectivity index (χ2v) is 10.2. The molecule has 1 aromatic carbocycles. The van der Waals surface area contributed by atoms with Gasteiger partial charge in [0.25, 0.3) is 0 Å². The second kappa shape index (κ2) is 10.6. The van der Waals surface area contributed by atoms with Gasteiger partial charge in [0.1, 0.15) is 29.6 Å². The highest BCUT2D eigenvalue weighted by Crippen LogP contribution is 2.35. The first-order valence-corrected chi connectivity index (χ1v) is 13.6. The Morgan fingerprint density at radius 1 is 0.854 bits per heavy atom. The number of H-pyrrole nitrogens is 2. The summed E-state index contributed by atoms with van der Waals surface area (Å²) in [5, 5.41) is 9.36. The van der Waals surface area contributed by atoms with E-state index in [0.717, 1.165) is 69.8 Å². The number of likely N-dealkylation sites (tertiary alicyclic amines) is 1. The minimum Gasteiger partial charge on any atom is -0.497 e. The maximum atomic E-state index is 14.3. The highest BCUT2D eigenvalue weighted by molar-refractivity contribution is 6.00. The topological polar surface area (TPSA) is 105 Å². The molecule has 2 N–H and O–H groups in total. The van der Waals surface area contributed by atoms with Gasteiger partial charge in [0, 0.05) is 58.7 Å². The summed E-state index contributed by atoms with van der Waals surface area (Å²) in [4.78, 5) is 19.3. The van der Waals surface area contributed by atoms with E-state index >= 15 is 0 Å². The number of fused-ring (bicyclic) bond motifs is 2. The molecule has 5 aromatic heterocycles. The van der Waals surface area contributed by atoms with Crippen LogP contribution in [-0.4, -0.2) is 68.4 Å². The van der Waals surface area contributed by atoms with Crippen molar-refractivity contribution in [3.8, 4) is 45.1 Å². The molecule has 10 heteroatoms. The van der Waals surface area contributed by atoms with E-state index in [4.69, 9.17) is 9.47 Å². The zero-order chi connectivity index (χ0) is 27.8. The van der Waals surface area contributed by atoms with Gasteiger partial charge in [0.05, 0.1) is 30.7 Å². The predicted molar refractivity (Wildman–Crippen MR) is 155 cm³/mol. The molecule has 0 unspecified atom stereocenters. The summed E-state index contributed by atoms with van der Waals surface area (Å²) in [6.07, 6.45) is 11.4. The molecule has 0 atom stereocenters. The number of hydrogen-bond acceptors (Lipinski definition) is 7. The SMILES string of the molecule is COc1cc(F)cc(-c2cncc3[nH]c(-c4n[nH]c5ncc(-c6cncc(OCCN7CCCC7)c6)cc45)cc23)c1. The van der Waals surface area contributed by atoms with Gasteiger partial charge in [-0.3, -0.25) is 20.0 Å². The molecule has 6 heterocycles. The van der Waals surface area contributed by atoms with Gasteiger partial charge in [0.15, 0.2) is 5.65 Å². The van der Waals surface area contributed by atoms with Crippen LogP contribution >= 0.6 is 0 Å². The predicted octanol–water partition coefficient (Wildman–Crippen LogP) is 5.85. The Balaban J connectivity index is 1.21. The van der Waals surface area contributed by atoms with Gasteiger partial charge in [-0.15, -0.1) is 0 Å². The maximum absolute atomic E-state index is 14.3. The average Bonchev–Trinajstić information content (AvgIpc) is 3.76. The number of nitrogens with zero attached hydrogens (tertiary/aromatic N) is 5. The lowest BCUT2D eigenvalue weighted by Crippen LogP contribution is -2.25. The summed E-state index contributed by atoms with van der Waals surface area (Å²) in [5.41, 5.74) is 6.27. The van der Waals surface area contributed by atoms with Crippen LogP contribution in [-0.2, 0) is 0 Å². The number of aromatic amines is 2. The lowest BCUT2D eigenvalue weighted by molar-refractivity contribution is 0.237. The smallest absolute Gasteiger partial charge is 0.155 e. The van der Waals surface area contributed by atoms with Crippen LogP contribution < -0.4 is 9.47 Å². The number of nitrogens with one attached hydrogen (secondary N) is 2. The summed E-state index contributed by atoms with van der Waals surface area (Å²) in [5.74, 6) is 0.804. The number of benzene rings is 1. The molecule has 0 aliphatic carbocycles. The van der Waals surface area contributed by atoms with Gasteiger partial charge < -0.3 is 14.5 Å². The number of methoxy groups -OCH3 is 1. The molecule has 7 rings (SSSR count). The van der Waals surface area contributed by atoms with Gasteiger partial charge >= 0.3 is 0 Å². The first kappa shape index (κ1) is 25.2. The molecule has 1 saturated heterocycles. The normalized spacial score (nSPS) is 13.8. The molecule has 1 aliphatic rings. The molecule has 0 spiro atoms. The molecule has 0 amide bonds. The van der Waals surface area contributed by atoms with Crippen molar-refractivity contribution in [3.63, 3.8) is 0 Å². The summed E-state index contributed by atoms with van der Waals surface area (Å²) in [7, 11) is 1.52. The van der Waals surface area contributed by atoms with Gasteiger partial charge in [-0.25, -0.2) is 9.37 Å². The van der Waals surface area contributed by atoms with E-state index in [-0.39, 0.29) is 5.82 Å². The van der Waals surface area contributed by atoms with E-state index in [0.29, 0.717) is 23.6 Å². The first-order valence-electron chi connectivity index (χ1n) is 13.6. The summed E-state index contributed by atoms with van der Waals surface area (Å²) in [6, 6.07) is 10.7. The third-order valence-electron chi connectivity index (χ3n) is 7.56. The van der Waals surface area contributed by atoms with E-state index in [1.807, 2.05) is 24.4 Å². The Kier molecular flexibility index (Phi) is 6.52. The van der Waals surface area contributed by atoms with Crippen molar-refractivity contribution in [2.45, 2.75) is 12.8 Å². The molecule has 0 radical (unpaired) electrons. The van der Waals surface area contributed by atoms with Crippen LogP contribution in [0.2, 0.25) is 0 Å². The van der Waals surface area contributed by atoms with Crippen molar-refractivity contribution in [1.82, 2.24) is 35.0 Å². The zero-order valence-corrected chi connectivity index (χ0v) is 22.5. The van der Waals surface area contributed by atoms with Crippen molar-refractivity contribution in [2.75, 3.05) is 33.4 Å². The second-order valence-electron chi connectivity index (χ2n) is 10.2. The molecular weight excluding hydrogens is 521 g/mol. The van der Waals surface area contributed by atoms with Crippen LogP contribution in [0.1, 0.15) is 12.8 Å². The quantitative estimate of drug-likeness (QED) is 0.245. The Morgan fingerprint density at radius 3 is 2.56 bits per heavy atom. The van der Waals surface area contributed by atoms with Crippen molar-refractivity contribution in [3.05, 3.63) is 73.2 Å². The molecule has 6 aromatic rings. The zero-order valence-electron chi connectivity index (χ0n) is 22.5. The van der Waals surface area contributed by atoms with Crippen LogP contribution in [0.3, 0.4) is 0 Å². The summed E-state index contributed by atoms with van der Waals surface area (Å²) in [6.45, 7) is 3.85. The number of halogens is 1. The fourth-order valence-corrected chi connectivity index (χ4v) is 5.47. The molecule has 206 valence electrons. The lowest BCUT2D eigenvalue weighted by Gasteiger charge is -2.15. The van der Waals surface area contributed by atoms with E-state index in [9.17, 15) is 4.39 Å². The van der Waals surface area contributed by atoms with E-state index in [2.05, 4.69) is 35.0 Å². The molecular formula is C31H28FN7O2. The van der Waals surface area contributed by atoms with Crippen molar-refractivity contribution in [1.29, 1.82) is 0 Å². The van der Waals surface area contributed by atoms with Gasteiger partial charge in [-0.05, 0) is 61.8 Å². The maximum Gasteiger partial charge on any atom is 0.155 e. The molecule has 0 bridgehead atoms. The van der Waals surface area contributed by atoms with Crippen molar-refractivity contribution >= 4 is 21.9 Å². The number of rotatable bonds is 8. The molecule has 1 aliphatic heterocycles. The number of aromatic nitrogens is 6. The number of ether oxygens (including phenoxy) is 2. The largest absolute Gasteiger partial charge is 0.497 e. The third kappa shape index (κ3) is 4.98. The van der Waals surface area contributed by atoms with Crippen LogP contribution in [0.5, 0.6) is 11.5 Å². The van der Waals surface area contributed by atoms with E-state index in [1.165, 1.54) is 32.1 Å². The van der Waals surface area contributed by atoms with Crippen molar-refractivity contribution < 1.29 is 13.9 Å². The average molecular weight is 550 g/mol. The third-order valence-corrected chi connectivity index (χ3v) is 7.56. The van der Waals surface area contributed by atoms with Crippen LogP contribution in [0, 0.1) is 5.82 Å². The Labute approximate surface area is 235 Å². The Morgan fingerprint density at radius 2 is 1.68 bits per heavy atom. The molecule has 9 nitrogen and oxygen atoms in total. The fourth-order valence-electron chi connectivity index (χ4n) is 5.47. The lowest BCUT2D eigenvalue weighted by atomic mass is 10.0. The minimum absolute atomic E-state index is 0.375. The van der Waals surface area contributed by atoms with Crippen LogP contribution in [0.15, 0.2) is 67.4 Å². The molecule has 0 saturated carbocycles. The molecule has 41 heavy (non-hydrogen) atoms. The Bertz CT molecular complexity index is 1860. The highest BCUT2D eigenvalue weighted by Gasteiger charge is 2.17. The highest BCUT2D eigenvalue weighted by atomic mass is 19.1. The monoisotopic (exact) mass is 549 g/mol. The van der Waals surface area contributed by atoms with Gasteiger partial charge in [-0.1, -0.05) is 0 Å². The number of pyridine rings is 3. The standard InChI is InChI=1S/C31H28FN7O2/c1-40-23-9-19(8-22(32)12-23)27-17-34-18-29-25(27)13-28(36-29)30-26-11-21(15-35-31(26)38-37-30)20-10-24(16-33-14-20)41-7-6-39-4-2-3-5-39/h8-18,36H,2-7H2,1H3,(H,35,37,38). The summed E-state index contributed by atoms with van der Waals surface area (Å²) < 4.78 is 25.6. The van der Waals surface area contributed by atoms with E-state index < -0.39 is 0 Å². The summed E-state index contributed by atoms with van der Waals surface area (Å²) >= 11 is 0. The minimum atomic E-state index is -0.375. The Hall–Kier alpha value is -4.83. The fraction of sp³-hybridized carbons (Fsp3) is 0.226. The first-order chi connectivity index (χ1) is 20.1. The van der Waals surface area contributed by atoms with E-state index in [1.54, 1.807) is 30.9 Å². The number of hydrogen-bond donors (Lipinski definition) is 2.